The van der Waals surface area contributed by atoms with E-state index < -0.39 is 30.7 Å². The highest BCUT2D eigenvalue weighted by Crippen LogP contribution is 2.39. The van der Waals surface area contributed by atoms with E-state index in [2.05, 4.69) is 10.1 Å². The van der Waals surface area contributed by atoms with Crippen molar-refractivity contribution in [3.63, 3.8) is 0 Å². The van der Waals surface area contributed by atoms with Crippen molar-refractivity contribution in [2.24, 2.45) is 0 Å². The summed E-state index contributed by atoms with van der Waals surface area (Å²) < 4.78 is 15.3. The van der Waals surface area contributed by atoms with Gasteiger partial charge in [-0.2, -0.15) is 4.98 Å². The van der Waals surface area contributed by atoms with Gasteiger partial charge in [-0.15, -0.1) is 0 Å². The number of aliphatic hydroxyl groups excluding tert-OH is 2. The molecule has 3 rings (SSSR count). The van der Waals surface area contributed by atoms with Crippen LogP contribution in [0.4, 0.5) is 0 Å². The van der Waals surface area contributed by atoms with Gasteiger partial charge in [-0.3, -0.25) is 0 Å². The molecule has 1 aliphatic rings. The maximum absolute atomic E-state index is 10.8. The van der Waals surface area contributed by atoms with E-state index in [1.807, 2.05) is 6.07 Å². The molecular formula is C14H16N2O6. The number of methoxy groups -OCH3 is 1. The van der Waals surface area contributed by atoms with E-state index in [1.165, 1.54) is 7.11 Å². The summed E-state index contributed by atoms with van der Waals surface area (Å²) in [6.45, 7) is -0.539. The lowest BCUT2D eigenvalue weighted by atomic mass is 9.92. The maximum atomic E-state index is 10.8. The van der Waals surface area contributed by atoms with Gasteiger partial charge in [-0.05, 0) is 12.1 Å². The molecule has 0 spiro atoms. The Bertz CT molecular complexity index is 629. The average molecular weight is 308 g/mol. The van der Waals surface area contributed by atoms with Gasteiger partial charge in [0.15, 0.2) is 11.9 Å². The van der Waals surface area contributed by atoms with E-state index in [0.717, 1.165) is 0 Å². The van der Waals surface area contributed by atoms with Crippen molar-refractivity contribution >= 4 is 0 Å². The van der Waals surface area contributed by atoms with Crippen LogP contribution in [-0.4, -0.2) is 57.7 Å². The Labute approximate surface area is 125 Å². The van der Waals surface area contributed by atoms with E-state index in [0.29, 0.717) is 5.56 Å². The lowest BCUT2D eigenvalue weighted by Gasteiger charge is -2.25. The number of aliphatic hydroxyl groups is 3. The first-order chi connectivity index (χ1) is 10.6. The zero-order valence-electron chi connectivity index (χ0n) is 11.8. The summed E-state index contributed by atoms with van der Waals surface area (Å²) in [7, 11) is 1.32. The number of nitrogens with zero attached hydrogens (tertiary/aromatic N) is 2. The monoisotopic (exact) mass is 308 g/mol. The summed E-state index contributed by atoms with van der Waals surface area (Å²) in [6.07, 6.45) is -3.69. The van der Waals surface area contributed by atoms with Gasteiger partial charge in [-0.25, -0.2) is 0 Å². The van der Waals surface area contributed by atoms with E-state index in [1.54, 1.807) is 24.3 Å². The molecule has 4 atom stereocenters. The first-order valence-electron chi connectivity index (χ1n) is 6.70. The summed E-state index contributed by atoms with van der Waals surface area (Å²) >= 11 is 0. The number of aromatic nitrogens is 2. The fourth-order valence-electron chi connectivity index (χ4n) is 2.47. The molecule has 8 nitrogen and oxygen atoms in total. The lowest BCUT2D eigenvalue weighted by molar-refractivity contribution is -0.153. The second kappa shape index (κ2) is 5.75. The van der Waals surface area contributed by atoms with Crippen LogP contribution in [0.25, 0.3) is 11.5 Å². The zero-order valence-corrected chi connectivity index (χ0v) is 11.8. The molecule has 8 heteroatoms. The van der Waals surface area contributed by atoms with Crippen LogP contribution in [-0.2, 0) is 15.1 Å². The minimum absolute atomic E-state index is 0.169. The van der Waals surface area contributed by atoms with Crippen molar-refractivity contribution in [3.8, 4) is 11.5 Å². The number of hydrogen-bond acceptors (Lipinski definition) is 8. The number of rotatable bonds is 4. The van der Waals surface area contributed by atoms with Gasteiger partial charge in [0.1, 0.15) is 12.2 Å². The summed E-state index contributed by atoms with van der Waals surface area (Å²) in [5, 5.41) is 34.1. The summed E-state index contributed by atoms with van der Waals surface area (Å²) in [5.41, 5.74) is -1.35. The molecular weight excluding hydrogens is 292 g/mol. The largest absolute Gasteiger partial charge is 0.394 e. The molecule has 1 fully saturated rings. The zero-order chi connectivity index (χ0) is 15.7. The highest BCUT2D eigenvalue weighted by molar-refractivity contribution is 5.52. The number of hydrogen-bond donors (Lipinski definition) is 3. The topological polar surface area (TPSA) is 118 Å². The molecule has 0 unspecified atom stereocenters. The van der Waals surface area contributed by atoms with E-state index >= 15 is 0 Å². The normalized spacial score (nSPS) is 31.5. The van der Waals surface area contributed by atoms with Gasteiger partial charge >= 0.3 is 0 Å². The summed E-state index contributed by atoms with van der Waals surface area (Å²) in [6, 6.07) is 8.99. The fourth-order valence-corrected chi connectivity index (χ4v) is 2.47. The molecule has 1 aromatic heterocycles. The molecule has 0 amide bonds. The quantitative estimate of drug-likeness (QED) is 0.701. The van der Waals surface area contributed by atoms with Crippen molar-refractivity contribution in [2.45, 2.75) is 24.1 Å². The molecule has 2 heterocycles. The highest BCUT2D eigenvalue weighted by atomic mass is 16.7. The Hall–Kier alpha value is -1.84. The van der Waals surface area contributed by atoms with Gasteiger partial charge < -0.3 is 29.3 Å². The van der Waals surface area contributed by atoms with Crippen LogP contribution in [0.1, 0.15) is 5.82 Å². The average Bonchev–Trinajstić information content (AvgIpc) is 3.14. The Morgan fingerprint density at radius 2 is 2.05 bits per heavy atom. The van der Waals surface area contributed by atoms with E-state index in [4.69, 9.17) is 14.0 Å². The predicted molar refractivity (Wildman–Crippen MR) is 72.4 cm³/mol. The Morgan fingerprint density at radius 3 is 2.68 bits per heavy atom. The van der Waals surface area contributed by atoms with Gasteiger partial charge in [-0.1, -0.05) is 23.4 Å². The SMILES string of the molecule is CO[C@@H]1O[C@H](CO)[C@@](O)(c2noc(-c3ccccc3)n2)[C@H]1O. The van der Waals surface area contributed by atoms with Crippen molar-refractivity contribution in [3.05, 3.63) is 36.2 Å². The van der Waals surface area contributed by atoms with Crippen molar-refractivity contribution in [1.29, 1.82) is 0 Å². The second-order valence-corrected chi connectivity index (χ2v) is 4.97. The van der Waals surface area contributed by atoms with Crippen LogP contribution in [0.15, 0.2) is 34.9 Å². The van der Waals surface area contributed by atoms with Crippen LogP contribution < -0.4 is 0 Å². The molecule has 1 aliphatic heterocycles. The molecule has 2 aromatic rings. The van der Waals surface area contributed by atoms with Gasteiger partial charge in [0.2, 0.25) is 5.82 Å². The Balaban J connectivity index is 1.97. The lowest BCUT2D eigenvalue weighted by Crippen LogP contribution is -2.47. The summed E-state index contributed by atoms with van der Waals surface area (Å²) in [4.78, 5) is 4.12. The first kappa shape index (κ1) is 15.1. The third-order valence-electron chi connectivity index (χ3n) is 3.70. The molecule has 0 bridgehead atoms. The highest BCUT2D eigenvalue weighted by Gasteiger charge is 2.59. The number of benzene rings is 1. The molecule has 3 N–H and O–H groups in total. The van der Waals surface area contributed by atoms with Crippen LogP contribution in [0.3, 0.4) is 0 Å². The van der Waals surface area contributed by atoms with E-state index in [-0.39, 0.29) is 11.7 Å². The third-order valence-corrected chi connectivity index (χ3v) is 3.70. The molecule has 0 radical (unpaired) electrons. The predicted octanol–water partition coefficient (Wildman–Crippen LogP) is -0.351. The van der Waals surface area contributed by atoms with Crippen molar-refractivity contribution in [2.75, 3.05) is 13.7 Å². The Morgan fingerprint density at radius 1 is 1.32 bits per heavy atom. The second-order valence-electron chi connectivity index (χ2n) is 4.97. The van der Waals surface area contributed by atoms with Crippen molar-refractivity contribution in [1.82, 2.24) is 10.1 Å². The van der Waals surface area contributed by atoms with Crippen molar-refractivity contribution < 1.29 is 29.3 Å². The van der Waals surface area contributed by atoms with Gasteiger partial charge in [0.05, 0.1) is 6.61 Å². The fraction of sp³-hybridized carbons (Fsp3) is 0.429. The minimum Gasteiger partial charge on any atom is -0.394 e. The summed E-state index contributed by atoms with van der Waals surface area (Å²) in [5.74, 6) is 0.0197. The standard InChI is InChI=1S/C14H16N2O6/c1-20-12-10(18)14(19,9(7-17)21-12)13-15-11(22-16-13)8-5-3-2-4-6-8/h2-6,9-10,12,17-19H,7H2,1H3/t9-,10+,12-,14+/m1/s1. The van der Waals surface area contributed by atoms with Crippen LogP contribution in [0, 0.1) is 0 Å². The number of ether oxygens (including phenoxy) is 2. The molecule has 0 saturated carbocycles. The van der Waals surface area contributed by atoms with E-state index in [9.17, 15) is 15.3 Å². The molecule has 0 aliphatic carbocycles. The Kier molecular flexibility index (Phi) is 3.94. The minimum atomic E-state index is -2.02. The van der Waals surface area contributed by atoms with Crippen LogP contribution in [0.2, 0.25) is 0 Å². The third kappa shape index (κ3) is 2.21. The smallest absolute Gasteiger partial charge is 0.258 e. The van der Waals surface area contributed by atoms with Gasteiger partial charge in [0, 0.05) is 12.7 Å². The first-order valence-corrected chi connectivity index (χ1v) is 6.70. The van der Waals surface area contributed by atoms with Crippen LogP contribution in [0.5, 0.6) is 0 Å². The molecule has 1 aromatic carbocycles. The molecule has 118 valence electrons. The van der Waals surface area contributed by atoms with Gasteiger partial charge in [0.25, 0.3) is 5.89 Å². The molecule has 1 saturated heterocycles. The maximum Gasteiger partial charge on any atom is 0.258 e. The molecule has 22 heavy (non-hydrogen) atoms. The van der Waals surface area contributed by atoms with Crippen LogP contribution >= 0.6 is 0 Å².